The molecule has 0 aliphatic rings. The smallest absolute Gasteiger partial charge is 0.203 e. The van der Waals surface area contributed by atoms with Gasteiger partial charge in [-0.2, -0.15) is 0 Å². The molecule has 0 amide bonds. The molecule has 6 heteroatoms. The first kappa shape index (κ1) is 7.93. The Morgan fingerprint density at radius 1 is 1.15 bits per heavy atom. The summed E-state index contributed by atoms with van der Waals surface area (Å²) in [5.74, 6) is 0.487. The van der Waals surface area contributed by atoms with Crippen molar-refractivity contribution in [3.63, 3.8) is 0 Å². The Morgan fingerprint density at radius 3 is 2.54 bits per heavy atom. The second-order valence-electron chi connectivity index (χ2n) is 2.42. The van der Waals surface area contributed by atoms with E-state index in [1.807, 2.05) is 6.07 Å². The van der Waals surface area contributed by atoms with Crippen LogP contribution < -0.4 is 11.5 Å². The second kappa shape index (κ2) is 2.98. The summed E-state index contributed by atoms with van der Waals surface area (Å²) in [6, 6.07) is 3.55. The average Bonchev–Trinajstić information content (AvgIpc) is 2.53. The van der Waals surface area contributed by atoms with Gasteiger partial charge in [-0.1, -0.05) is 11.3 Å². The first-order valence-corrected chi connectivity index (χ1v) is 4.38. The van der Waals surface area contributed by atoms with Crippen LogP contribution in [0.25, 0.3) is 10.6 Å². The lowest BCUT2D eigenvalue weighted by molar-refractivity contribution is 1.10. The number of hydrogen-bond donors (Lipinski definition) is 2. The monoisotopic (exact) mass is 193 g/mol. The highest BCUT2D eigenvalue weighted by Gasteiger charge is 2.03. The number of anilines is 2. The molecule has 4 N–H and O–H groups in total. The molecule has 5 nitrogen and oxygen atoms in total. The summed E-state index contributed by atoms with van der Waals surface area (Å²) < 4.78 is 0. The van der Waals surface area contributed by atoms with Crippen molar-refractivity contribution in [1.29, 1.82) is 0 Å². The SMILES string of the molecule is Nc1ccc(-c2nnc(N)s2)cn1. The molecule has 66 valence electrons. The average molecular weight is 193 g/mol. The van der Waals surface area contributed by atoms with Crippen LogP contribution in [0.4, 0.5) is 10.9 Å². The van der Waals surface area contributed by atoms with Gasteiger partial charge in [-0.05, 0) is 12.1 Å². The third kappa shape index (κ3) is 1.57. The molecule has 0 radical (unpaired) electrons. The van der Waals surface area contributed by atoms with Crippen molar-refractivity contribution in [2.45, 2.75) is 0 Å². The normalized spacial score (nSPS) is 10.2. The number of nitrogen functional groups attached to an aromatic ring is 2. The lowest BCUT2D eigenvalue weighted by atomic mass is 10.3. The van der Waals surface area contributed by atoms with E-state index < -0.39 is 0 Å². The highest BCUT2D eigenvalue weighted by Crippen LogP contribution is 2.23. The van der Waals surface area contributed by atoms with Crippen LogP contribution in [0.1, 0.15) is 0 Å². The molecule has 0 bridgehead atoms. The summed E-state index contributed by atoms with van der Waals surface area (Å²) in [7, 11) is 0. The molecule has 0 saturated heterocycles. The molecule has 13 heavy (non-hydrogen) atoms. The van der Waals surface area contributed by atoms with Crippen molar-refractivity contribution >= 4 is 22.3 Å². The van der Waals surface area contributed by atoms with Crippen LogP contribution in [0.5, 0.6) is 0 Å². The summed E-state index contributed by atoms with van der Waals surface area (Å²) >= 11 is 1.32. The quantitative estimate of drug-likeness (QED) is 0.697. The molecule has 2 aromatic heterocycles. The van der Waals surface area contributed by atoms with Crippen LogP contribution in [0.2, 0.25) is 0 Å². The maximum atomic E-state index is 5.45. The molecule has 0 atom stereocenters. The molecule has 0 spiro atoms. The molecule has 0 unspecified atom stereocenters. The molecule has 0 fully saturated rings. The van der Waals surface area contributed by atoms with Crippen molar-refractivity contribution in [2.24, 2.45) is 0 Å². The number of rotatable bonds is 1. The fourth-order valence-corrected chi connectivity index (χ4v) is 1.48. The summed E-state index contributed by atoms with van der Waals surface area (Å²) in [6.45, 7) is 0. The molecule has 2 aromatic rings. The molecule has 0 aliphatic heterocycles. The summed E-state index contributed by atoms with van der Waals surface area (Å²) in [4.78, 5) is 3.94. The van der Waals surface area contributed by atoms with Gasteiger partial charge >= 0.3 is 0 Å². The van der Waals surface area contributed by atoms with Crippen LogP contribution >= 0.6 is 11.3 Å². The van der Waals surface area contributed by atoms with Crippen LogP contribution in [-0.2, 0) is 0 Å². The topological polar surface area (TPSA) is 90.7 Å². The van der Waals surface area contributed by atoms with Gasteiger partial charge in [-0.25, -0.2) is 4.98 Å². The first-order chi connectivity index (χ1) is 6.25. The van der Waals surface area contributed by atoms with Gasteiger partial charge in [-0.15, -0.1) is 10.2 Å². The van der Waals surface area contributed by atoms with E-state index in [9.17, 15) is 0 Å². The number of hydrogen-bond acceptors (Lipinski definition) is 6. The zero-order chi connectivity index (χ0) is 9.26. The van der Waals surface area contributed by atoms with Crippen LogP contribution in [0.3, 0.4) is 0 Å². The van der Waals surface area contributed by atoms with E-state index >= 15 is 0 Å². The minimum Gasteiger partial charge on any atom is -0.384 e. The number of nitrogens with zero attached hydrogens (tertiary/aromatic N) is 3. The molecule has 0 aromatic carbocycles. The Kier molecular flexibility index (Phi) is 1.82. The largest absolute Gasteiger partial charge is 0.384 e. The Morgan fingerprint density at radius 2 is 2.00 bits per heavy atom. The summed E-state index contributed by atoms with van der Waals surface area (Å²) in [5, 5.41) is 8.79. The van der Waals surface area contributed by atoms with Crippen molar-refractivity contribution in [3.05, 3.63) is 18.3 Å². The third-order valence-corrected chi connectivity index (χ3v) is 2.28. The predicted octanol–water partition coefficient (Wildman–Crippen LogP) is 0.765. The van der Waals surface area contributed by atoms with E-state index in [-0.39, 0.29) is 0 Å². The van der Waals surface area contributed by atoms with E-state index in [0.717, 1.165) is 10.6 Å². The Balaban J connectivity index is 2.41. The first-order valence-electron chi connectivity index (χ1n) is 3.56. The molecule has 0 saturated carbocycles. The Bertz CT molecular complexity index is 407. The summed E-state index contributed by atoms with van der Waals surface area (Å²) in [5.41, 5.74) is 11.8. The van der Waals surface area contributed by atoms with E-state index in [0.29, 0.717) is 10.9 Å². The van der Waals surface area contributed by atoms with Crippen molar-refractivity contribution in [3.8, 4) is 10.6 Å². The Labute approximate surface area is 78.4 Å². The van der Waals surface area contributed by atoms with E-state index in [1.165, 1.54) is 11.3 Å². The van der Waals surface area contributed by atoms with E-state index in [4.69, 9.17) is 11.5 Å². The lowest BCUT2D eigenvalue weighted by Crippen LogP contribution is -1.88. The van der Waals surface area contributed by atoms with Crippen LogP contribution in [0.15, 0.2) is 18.3 Å². The van der Waals surface area contributed by atoms with Crippen LogP contribution in [0, 0.1) is 0 Å². The molecule has 0 aliphatic carbocycles. The van der Waals surface area contributed by atoms with Gasteiger partial charge in [-0.3, -0.25) is 0 Å². The van der Waals surface area contributed by atoms with Gasteiger partial charge in [0.05, 0.1) is 0 Å². The van der Waals surface area contributed by atoms with Gasteiger partial charge in [0.2, 0.25) is 5.13 Å². The van der Waals surface area contributed by atoms with Gasteiger partial charge in [0.1, 0.15) is 5.82 Å². The molecule has 2 rings (SSSR count). The minimum atomic E-state index is 0.451. The standard InChI is InChI=1S/C7H7N5S/c8-5-2-1-4(3-10-5)6-11-12-7(9)13-6/h1-3H,(H2,8,10)(H2,9,12). The van der Waals surface area contributed by atoms with Gasteiger partial charge < -0.3 is 11.5 Å². The van der Waals surface area contributed by atoms with Gasteiger partial charge in [0, 0.05) is 11.8 Å². The zero-order valence-corrected chi connectivity index (χ0v) is 7.45. The van der Waals surface area contributed by atoms with E-state index in [1.54, 1.807) is 12.3 Å². The lowest BCUT2D eigenvalue weighted by Gasteiger charge is -1.93. The van der Waals surface area contributed by atoms with Gasteiger partial charge in [0.15, 0.2) is 5.01 Å². The fourth-order valence-electron chi connectivity index (χ4n) is 0.883. The molecular formula is C7H7N5S. The third-order valence-electron chi connectivity index (χ3n) is 1.47. The molecule has 2 heterocycles. The molecular weight excluding hydrogens is 186 g/mol. The zero-order valence-electron chi connectivity index (χ0n) is 6.64. The van der Waals surface area contributed by atoms with E-state index in [2.05, 4.69) is 15.2 Å². The minimum absolute atomic E-state index is 0.451. The van der Waals surface area contributed by atoms with Crippen LogP contribution in [-0.4, -0.2) is 15.2 Å². The maximum absolute atomic E-state index is 5.45. The number of aromatic nitrogens is 3. The number of nitrogens with two attached hydrogens (primary N) is 2. The predicted molar refractivity (Wildman–Crippen MR) is 52.0 cm³/mol. The van der Waals surface area contributed by atoms with Crippen molar-refractivity contribution in [1.82, 2.24) is 15.2 Å². The van der Waals surface area contributed by atoms with Crippen molar-refractivity contribution < 1.29 is 0 Å². The highest BCUT2D eigenvalue weighted by atomic mass is 32.1. The summed E-state index contributed by atoms with van der Waals surface area (Å²) in [6.07, 6.45) is 1.65. The number of pyridine rings is 1. The fraction of sp³-hybridized carbons (Fsp3) is 0. The maximum Gasteiger partial charge on any atom is 0.203 e. The van der Waals surface area contributed by atoms with Crippen molar-refractivity contribution in [2.75, 3.05) is 11.5 Å². The van der Waals surface area contributed by atoms with Gasteiger partial charge in [0.25, 0.3) is 0 Å². The second-order valence-corrected chi connectivity index (χ2v) is 3.43. The Hall–Kier alpha value is -1.69. The highest BCUT2D eigenvalue weighted by molar-refractivity contribution is 7.18.